The lowest BCUT2D eigenvalue weighted by Gasteiger charge is -2.26. The van der Waals surface area contributed by atoms with Crippen LogP contribution in [0.2, 0.25) is 0 Å². The summed E-state index contributed by atoms with van der Waals surface area (Å²) in [7, 11) is 0. The van der Waals surface area contributed by atoms with E-state index in [4.69, 9.17) is 5.84 Å². The summed E-state index contributed by atoms with van der Waals surface area (Å²) >= 11 is 0. The first-order valence-electron chi connectivity index (χ1n) is 6.04. The highest BCUT2D eigenvalue weighted by molar-refractivity contribution is 5.98. The first kappa shape index (κ1) is 12.6. The number of amides is 2. The molecule has 18 heavy (non-hydrogen) atoms. The summed E-state index contributed by atoms with van der Waals surface area (Å²) in [5, 5.41) is 0. The predicted molar refractivity (Wildman–Crippen MR) is 67.6 cm³/mol. The van der Waals surface area contributed by atoms with Crippen LogP contribution in [0.3, 0.4) is 0 Å². The van der Waals surface area contributed by atoms with Crippen molar-refractivity contribution in [2.75, 3.05) is 6.54 Å². The molecule has 0 spiro atoms. The van der Waals surface area contributed by atoms with Crippen LogP contribution in [-0.4, -0.2) is 29.3 Å². The fourth-order valence-electron chi connectivity index (χ4n) is 2.27. The van der Waals surface area contributed by atoms with Crippen molar-refractivity contribution in [3.63, 3.8) is 0 Å². The van der Waals surface area contributed by atoms with Gasteiger partial charge in [0.25, 0.3) is 11.8 Å². The molecule has 0 aromatic heterocycles. The van der Waals surface area contributed by atoms with Crippen LogP contribution in [-0.2, 0) is 11.2 Å². The van der Waals surface area contributed by atoms with E-state index < -0.39 is 6.04 Å². The van der Waals surface area contributed by atoms with Crippen molar-refractivity contribution < 1.29 is 9.59 Å². The van der Waals surface area contributed by atoms with E-state index in [-0.39, 0.29) is 11.8 Å². The normalized spacial score (nSPS) is 16.8. The van der Waals surface area contributed by atoms with Crippen LogP contribution in [0.4, 0.5) is 0 Å². The molecule has 0 aliphatic carbocycles. The zero-order valence-electron chi connectivity index (χ0n) is 10.3. The molecule has 0 bridgehead atoms. The summed E-state index contributed by atoms with van der Waals surface area (Å²) in [6.45, 7) is 2.26. The second-order valence-electron chi connectivity index (χ2n) is 4.44. The molecular weight excluding hydrogens is 230 g/mol. The van der Waals surface area contributed by atoms with E-state index in [9.17, 15) is 9.59 Å². The first-order valence-corrected chi connectivity index (χ1v) is 6.04. The highest BCUT2D eigenvalue weighted by atomic mass is 16.2. The minimum absolute atomic E-state index is 0.0980. The Bertz CT molecular complexity index is 473. The fourth-order valence-corrected chi connectivity index (χ4v) is 2.27. The molecule has 5 nitrogen and oxygen atoms in total. The summed E-state index contributed by atoms with van der Waals surface area (Å²) in [5.74, 6) is 4.68. The van der Waals surface area contributed by atoms with Crippen LogP contribution in [0.1, 0.15) is 29.3 Å². The average Bonchev–Trinajstić information content (AvgIpc) is 2.57. The van der Waals surface area contributed by atoms with Gasteiger partial charge in [-0.25, -0.2) is 5.84 Å². The zero-order valence-corrected chi connectivity index (χ0v) is 10.3. The molecule has 3 N–H and O–H groups in total. The Labute approximate surface area is 106 Å². The van der Waals surface area contributed by atoms with Gasteiger partial charge in [0.15, 0.2) is 0 Å². The molecule has 5 heteroatoms. The molecule has 1 aromatic carbocycles. The van der Waals surface area contributed by atoms with Crippen molar-refractivity contribution in [2.45, 2.75) is 25.8 Å². The molecular formula is C13H17N3O2. The van der Waals surface area contributed by atoms with Gasteiger partial charge in [-0.3, -0.25) is 15.0 Å². The summed E-state index contributed by atoms with van der Waals surface area (Å²) in [6.07, 6.45) is 1.71. The smallest absolute Gasteiger partial charge is 0.256 e. The van der Waals surface area contributed by atoms with E-state index in [0.717, 1.165) is 18.4 Å². The van der Waals surface area contributed by atoms with Gasteiger partial charge < -0.3 is 4.90 Å². The number of nitrogens with two attached hydrogens (primary N) is 1. The monoisotopic (exact) mass is 247 g/mol. The first-order chi connectivity index (χ1) is 8.65. The number of nitrogens with zero attached hydrogens (tertiary/aromatic N) is 1. The third kappa shape index (κ3) is 2.22. The number of nitrogens with one attached hydrogen (secondary N) is 1. The average molecular weight is 247 g/mol. The second-order valence-corrected chi connectivity index (χ2v) is 4.44. The van der Waals surface area contributed by atoms with Crippen LogP contribution in [0.5, 0.6) is 0 Å². The quantitative estimate of drug-likeness (QED) is 0.453. The van der Waals surface area contributed by atoms with Gasteiger partial charge in [0, 0.05) is 12.1 Å². The molecule has 0 saturated heterocycles. The van der Waals surface area contributed by atoms with E-state index in [0.29, 0.717) is 12.1 Å². The Hall–Kier alpha value is -1.88. The molecule has 1 aliphatic rings. The number of hydrogen-bond acceptors (Lipinski definition) is 3. The molecule has 0 saturated carbocycles. The van der Waals surface area contributed by atoms with Gasteiger partial charge in [-0.1, -0.05) is 18.2 Å². The van der Waals surface area contributed by atoms with Gasteiger partial charge in [0.1, 0.15) is 6.04 Å². The van der Waals surface area contributed by atoms with Crippen molar-refractivity contribution in [1.29, 1.82) is 0 Å². The molecule has 1 aliphatic heterocycles. The minimum atomic E-state index is -0.548. The molecule has 0 radical (unpaired) electrons. The van der Waals surface area contributed by atoms with E-state index >= 15 is 0 Å². The molecule has 96 valence electrons. The topological polar surface area (TPSA) is 75.4 Å². The number of aryl methyl sites for hydroxylation is 1. The largest absolute Gasteiger partial charge is 0.327 e. The van der Waals surface area contributed by atoms with Crippen LogP contribution in [0.15, 0.2) is 24.3 Å². The fraction of sp³-hybridized carbons (Fsp3) is 0.385. The third-order valence-corrected chi connectivity index (χ3v) is 3.34. The van der Waals surface area contributed by atoms with E-state index in [1.54, 1.807) is 11.8 Å². The molecule has 1 unspecified atom stereocenters. The Morgan fingerprint density at radius 2 is 2.17 bits per heavy atom. The maximum Gasteiger partial charge on any atom is 0.256 e. The summed E-state index contributed by atoms with van der Waals surface area (Å²) < 4.78 is 0. The number of hydrazine groups is 1. The Kier molecular flexibility index (Phi) is 3.62. The lowest BCUT2D eigenvalue weighted by atomic mass is 10.0. The summed E-state index contributed by atoms with van der Waals surface area (Å²) in [4.78, 5) is 25.5. The third-order valence-electron chi connectivity index (χ3n) is 3.34. The van der Waals surface area contributed by atoms with Crippen molar-refractivity contribution >= 4 is 11.8 Å². The van der Waals surface area contributed by atoms with Crippen molar-refractivity contribution in [3.05, 3.63) is 35.4 Å². The highest BCUT2D eigenvalue weighted by Crippen LogP contribution is 2.20. The van der Waals surface area contributed by atoms with Gasteiger partial charge >= 0.3 is 0 Å². The Balaban J connectivity index is 2.30. The second kappa shape index (κ2) is 5.18. The van der Waals surface area contributed by atoms with E-state index in [1.807, 2.05) is 24.3 Å². The SMILES string of the molecule is CC(C(=O)NN)N1CCCc2ccccc2C1=O. The number of carbonyl (C=O) groups is 2. The lowest BCUT2D eigenvalue weighted by molar-refractivity contribution is -0.125. The lowest BCUT2D eigenvalue weighted by Crippen LogP contribution is -2.49. The zero-order chi connectivity index (χ0) is 13.1. The molecule has 0 fully saturated rings. The van der Waals surface area contributed by atoms with Gasteiger partial charge in [-0.15, -0.1) is 0 Å². The van der Waals surface area contributed by atoms with E-state index in [1.165, 1.54) is 0 Å². The van der Waals surface area contributed by atoms with Gasteiger partial charge in [0.2, 0.25) is 0 Å². The molecule has 1 atom stereocenters. The number of hydrogen-bond donors (Lipinski definition) is 2. The number of fused-ring (bicyclic) bond motifs is 1. The molecule has 1 heterocycles. The van der Waals surface area contributed by atoms with E-state index in [2.05, 4.69) is 5.43 Å². The maximum absolute atomic E-state index is 12.4. The predicted octanol–water partition coefficient (Wildman–Crippen LogP) is 0.453. The molecule has 2 amide bonds. The van der Waals surface area contributed by atoms with Gasteiger partial charge in [-0.05, 0) is 31.4 Å². The van der Waals surface area contributed by atoms with Crippen LogP contribution < -0.4 is 11.3 Å². The van der Waals surface area contributed by atoms with Gasteiger partial charge in [-0.2, -0.15) is 0 Å². The number of benzene rings is 1. The van der Waals surface area contributed by atoms with Crippen LogP contribution in [0, 0.1) is 0 Å². The Morgan fingerprint density at radius 1 is 1.44 bits per heavy atom. The van der Waals surface area contributed by atoms with Crippen molar-refractivity contribution in [1.82, 2.24) is 10.3 Å². The highest BCUT2D eigenvalue weighted by Gasteiger charge is 2.29. The maximum atomic E-state index is 12.4. The number of carbonyl (C=O) groups excluding carboxylic acids is 2. The van der Waals surface area contributed by atoms with Gasteiger partial charge in [0.05, 0.1) is 0 Å². The standard InChI is InChI=1S/C13H17N3O2/c1-9(12(17)15-14)16-8-4-6-10-5-2-3-7-11(10)13(16)18/h2-3,5,7,9H,4,6,8,14H2,1H3,(H,15,17). The van der Waals surface area contributed by atoms with Crippen molar-refractivity contribution in [2.24, 2.45) is 5.84 Å². The van der Waals surface area contributed by atoms with Crippen molar-refractivity contribution in [3.8, 4) is 0 Å². The van der Waals surface area contributed by atoms with Crippen LogP contribution in [0.25, 0.3) is 0 Å². The number of rotatable bonds is 2. The molecule has 1 aromatic rings. The Morgan fingerprint density at radius 3 is 2.89 bits per heavy atom. The van der Waals surface area contributed by atoms with Crippen LogP contribution >= 0.6 is 0 Å². The summed E-state index contributed by atoms with van der Waals surface area (Å²) in [5.41, 5.74) is 3.83. The molecule has 2 rings (SSSR count). The minimum Gasteiger partial charge on any atom is -0.327 e. The summed E-state index contributed by atoms with van der Waals surface area (Å²) in [6, 6.07) is 6.99.